The first-order valence-electron chi connectivity index (χ1n) is 11.3. The van der Waals surface area contributed by atoms with Gasteiger partial charge in [-0.15, -0.1) is 5.10 Å². The number of hydrogen-bond donors (Lipinski definition) is 2. The van der Waals surface area contributed by atoms with Gasteiger partial charge in [0, 0.05) is 24.1 Å². The molecular formula is C27H26N4O4S. The normalized spacial score (nSPS) is 12.0. The molecule has 0 fully saturated rings. The third-order valence-corrected chi connectivity index (χ3v) is 6.77. The Hall–Kier alpha value is -4.24. The summed E-state index contributed by atoms with van der Waals surface area (Å²) in [6, 6.07) is 18.2. The Morgan fingerprint density at radius 3 is 2.47 bits per heavy atom. The molecule has 0 saturated heterocycles. The lowest BCUT2D eigenvalue weighted by Crippen LogP contribution is -2.19. The summed E-state index contributed by atoms with van der Waals surface area (Å²) in [7, 11) is 3.41. The molecule has 0 unspecified atom stereocenters. The Morgan fingerprint density at radius 2 is 1.78 bits per heavy atom. The van der Waals surface area contributed by atoms with E-state index in [0.717, 1.165) is 15.0 Å². The van der Waals surface area contributed by atoms with Gasteiger partial charge in [0.25, 0.3) is 0 Å². The average Bonchev–Trinajstić information content (AvgIpc) is 3.19. The Labute approximate surface area is 212 Å². The highest BCUT2D eigenvalue weighted by atomic mass is 32.1. The van der Waals surface area contributed by atoms with Crippen LogP contribution in [0.25, 0.3) is 21.3 Å². The number of carbonyl (C=O) groups is 2. The van der Waals surface area contributed by atoms with Gasteiger partial charge >= 0.3 is 5.97 Å². The van der Waals surface area contributed by atoms with E-state index in [1.807, 2.05) is 35.9 Å². The van der Waals surface area contributed by atoms with Gasteiger partial charge in [0.1, 0.15) is 0 Å². The number of fused-ring (bicyclic) bond motifs is 1. The van der Waals surface area contributed by atoms with Crippen molar-refractivity contribution < 1.29 is 19.4 Å². The van der Waals surface area contributed by atoms with Crippen LogP contribution in [0.5, 0.6) is 5.75 Å². The summed E-state index contributed by atoms with van der Waals surface area (Å²) in [4.78, 5) is 25.2. The van der Waals surface area contributed by atoms with E-state index >= 15 is 0 Å². The molecule has 0 aliphatic rings. The van der Waals surface area contributed by atoms with E-state index in [-0.39, 0.29) is 17.4 Å². The van der Waals surface area contributed by atoms with Crippen molar-refractivity contribution in [1.29, 1.82) is 0 Å². The number of amides is 1. The predicted octanol–water partition coefficient (Wildman–Crippen LogP) is 5.14. The van der Waals surface area contributed by atoms with Crippen LogP contribution < -0.4 is 14.9 Å². The molecule has 4 rings (SSSR count). The number of aromatic carboxylic acids is 1. The Balaban J connectivity index is 1.84. The van der Waals surface area contributed by atoms with Crippen LogP contribution in [0.1, 0.15) is 29.8 Å². The van der Waals surface area contributed by atoms with E-state index in [1.54, 1.807) is 50.4 Å². The fourth-order valence-electron chi connectivity index (χ4n) is 3.75. The summed E-state index contributed by atoms with van der Waals surface area (Å²) in [5.41, 5.74) is 3.18. The number of para-hydroxylation sites is 1. The van der Waals surface area contributed by atoms with Crippen LogP contribution in [-0.2, 0) is 11.8 Å². The minimum atomic E-state index is -1.05. The zero-order valence-corrected chi connectivity index (χ0v) is 21.2. The van der Waals surface area contributed by atoms with E-state index in [1.165, 1.54) is 24.5 Å². The molecule has 36 heavy (non-hydrogen) atoms. The number of carbonyl (C=O) groups excluding carboxylic acids is 1. The fraction of sp³-hybridized carbons (Fsp3) is 0.185. The Bertz CT molecular complexity index is 1550. The zero-order valence-electron chi connectivity index (χ0n) is 20.4. The van der Waals surface area contributed by atoms with E-state index in [2.05, 4.69) is 15.5 Å². The molecule has 0 radical (unpaired) electrons. The quantitative estimate of drug-likeness (QED) is 0.270. The lowest BCUT2D eigenvalue weighted by Gasteiger charge is -2.18. The van der Waals surface area contributed by atoms with Gasteiger partial charge in [-0.25, -0.2) is 4.79 Å². The second-order valence-electron chi connectivity index (χ2n) is 8.36. The van der Waals surface area contributed by atoms with Gasteiger partial charge in [-0.2, -0.15) is 5.10 Å². The number of hydrogen-bond acceptors (Lipinski definition) is 6. The molecule has 4 aromatic rings. The maximum atomic E-state index is 12.7. The maximum Gasteiger partial charge on any atom is 0.336 e. The monoisotopic (exact) mass is 502 g/mol. The molecule has 1 heterocycles. The largest absolute Gasteiger partial charge is 0.494 e. The standard InChI is InChI=1S/C27H26N4O4S/c1-16(2)25(32)29-23-17(15-28-30-27-31(3)21-11-7-8-12-22(21)36-27)13-14-19(24(23)35-4)18-9-5-6-10-20(18)26(33)34/h5-16H,1-4H3,(H,29,32)(H,33,34)/b28-15+,30-27-. The van der Waals surface area contributed by atoms with Gasteiger partial charge in [-0.3, -0.25) is 4.79 Å². The highest BCUT2D eigenvalue weighted by Gasteiger charge is 2.21. The highest BCUT2D eigenvalue weighted by Crippen LogP contribution is 2.40. The number of aryl methyl sites for hydroxylation is 1. The van der Waals surface area contributed by atoms with E-state index in [4.69, 9.17) is 4.74 Å². The van der Waals surface area contributed by atoms with Crippen molar-refractivity contribution in [3.63, 3.8) is 0 Å². The van der Waals surface area contributed by atoms with Gasteiger partial charge in [0.05, 0.1) is 34.8 Å². The summed E-state index contributed by atoms with van der Waals surface area (Å²) in [5, 5.41) is 21.3. The van der Waals surface area contributed by atoms with Crippen molar-refractivity contribution in [2.45, 2.75) is 13.8 Å². The molecule has 0 spiro atoms. The van der Waals surface area contributed by atoms with Gasteiger partial charge in [-0.05, 0) is 29.8 Å². The summed E-state index contributed by atoms with van der Waals surface area (Å²) in [6.45, 7) is 3.58. The molecular weight excluding hydrogens is 476 g/mol. The van der Waals surface area contributed by atoms with Crippen LogP contribution in [0.4, 0.5) is 5.69 Å². The molecule has 9 heteroatoms. The smallest absolute Gasteiger partial charge is 0.336 e. The van der Waals surface area contributed by atoms with E-state index in [0.29, 0.717) is 28.1 Å². The first-order valence-corrected chi connectivity index (χ1v) is 12.1. The number of nitrogens with one attached hydrogen (secondary N) is 1. The van der Waals surface area contributed by atoms with Crippen molar-refractivity contribution >= 4 is 45.3 Å². The number of nitrogens with zero attached hydrogens (tertiary/aromatic N) is 3. The van der Waals surface area contributed by atoms with Crippen LogP contribution in [0.2, 0.25) is 0 Å². The average molecular weight is 503 g/mol. The maximum absolute atomic E-state index is 12.7. The third-order valence-electron chi connectivity index (χ3n) is 5.67. The molecule has 0 atom stereocenters. The minimum absolute atomic E-state index is 0.130. The van der Waals surface area contributed by atoms with Crippen molar-refractivity contribution in [3.8, 4) is 16.9 Å². The number of ether oxygens (including phenoxy) is 1. The molecule has 1 aromatic heterocycles. The summed E-state index contributed by atoms with van der Waals surface area (Å²) in [6.07, 6.45) is 1.55. The summed E-state index contributed by atoms with van der Waals surface area (Å²) >= 11 is 1.52. The second-order valence-corrected chi connectivity index (χ2v) is 9.37. The SMILES string of the molecule is COc1c(-c2ccccc2C(=O)O)ccc(/C=N/N=c2\sc3ccccc3n2C)c1NC(=O)C(C)C. The lowest BCUT2D eigenvalue weighted by atomic mass is 9.96. The zero-order chi connectivity index (χ0) is 25.8. The molecule has 8 nitrogen and oxygen atoms in total. The Kier molecular flexibility index (Phi) is 7.30. The molecule has 0 bridgehead atoms. The number of anilines is 1. The van der Waals surface area contributed by atoms with E-state index in [9.17, 15) is 14.7 Å². The van der Waals surface area contributed by atoms with Crippen LogP contribution >= 0.6 is 11.3 Å². The molecule has 1 amide bonds. The van der Waals surface area contributed by atoms with E-state index < -0.39 is 5.97 Å². The number of rotatable bonds is 7. The summed E-state index contributed by atoms with van der Waals surface area (Å²) in [5.74, 6) is -1.20. The Morgan fingerprint density at radius 1 is 1.06 bits per heavy atom. The number of methoxy groups -OCH3 is 1. The lowest BCUT2D eigenvalue weighted by molar-refractivity contribution is -0.118. The van der Waals surface area contributed by atoms with Crippen LogP contribution in [0.15, 0.2) is 70.9 Å². The van der Waals surface area contributed by atoms with Crippen molar-refractivity contribution in [1.82, 2.24) is 4.57 Å². The highest BCUT2D eigenvalue weighted by molar-refractivity contribution is 7.16. The van der Waals surface area contributed by atoms with Crippen molar-refractivity contribution in [2.24, 2.45) is 23.2 Å². The molecule has 3 aromatic carbocycles. The van der Waals surface area contributed by atoms with Gasteiger partial charge < -0.3 is 19.7 Å². The van der Waals surface area contributed by atoms with Crippen LogP contribution in [0, 0.1) is 5.92 Å². The molecule has 0 aliphatic heterocycles. The van der Waals surface area contributed by atoms with Gasteiger partial charge in [0.2, 0.25) is 10.7 Å². The third kappa shape index (κ3) is 4.92. The number of aromatic nitrogens is 1. The van der Waals surface area contributed by atoms with Crippen LogP contribution in [-0.4, -0.2) is 34.9 Å². The van der Waals surface area contributed by atoms with Crippen molar-refractivity contribution in [2.75, 3.05) is 12.4 Å². The second kappa shape index (κ2) is 10.6. The van der Waals surface area contributed by atoms with Crippen molar-refractivity contribution in [3.05, 3.63) is 76.6 Å². The molecule has 0 saturated carbocycles. The number of carboxylic acids is 1. The number of thiazole rings is 1. The number of benzene rings is 3. The molecule has 0 aliphatic carbocycles. The van der Waals surface area contributed by atoms with Gasteiger partial charge in [0.15, 0.2) is 5.75 Å². The fourth-order valence-corrected chi connectivity index (χ4v) is 4.73. The van der Waals surface area contributed by atoms with Gasteiger partial charge in [-0.1, -0.05) is 61.6 Å². The first-order chi connectivity index (χ1) is 17.3. The summed E-state index contributed by atoms with van der Waals surface area (Å²) < 4.78 is 8.77. The number of carboxylic acid groups (broad SMARTS) is 1. The minimum Gasteiger partial charge on any atom is -0.494 e. The topological polar surface area (TPSA) is 105 Å². The first kappa shape index (κ1) is 24.9. The van der Waals surface area contributed by atoms with Crippen LogP contribution in [0.3, 0.4) is 0 Å². The molecule has 184 valence electrons. The predicted molar refractivity (Wildman–Crippen MR) is 143 cm³/mol. The molecule has 2 N–H and O–H groups in total.